The molecular weight excluding hydrogens is 399 g/mol. The van der Waals surface area contributed by atoms with Crippen LogP contribution in [0, 0.1) is 11.7 Å². The predicted octanol–water partition coefficient (Wildman–Crippen LogP) is 6.88. The van der Waals surface area contributed by atoms with Crippen molar-refractivity contribution in [2.75, 3.05) is 12.5 Å². The van der Waals surface area contributed by atoms with E-state index in [1.165, 1.54) is 25.0 Å². The Morgan fingerprint density at radius 3 is 2.37 bits per heavy atom. The van der Waals surface area contributed by atoms with Crippen LogP contribution < -0.4 is 4.74 Å². The van der Waals surface area contributed by atoms with Crippen molar-refractivity contribution in [3.8, 4) is 16.9 Å². The molecule has 30 heavy (non-hydrogen) atoms. The van der Waals surface area contributed by atoms with E-state index in [0.717, 1.165) is 23.1 Å². The highest BCUT2D eigenvalue weighted by Gasteiger charge is 2.32. The molecule has 0 radical (unpaired) electrons. The van der Waals surface area contributed by atoms with E-state index in [-0.39, 0.29) is 17.5 Å². The Kier molecular flexibility index (Phi) is 6.49. The van der Waals surface area contributed by atoms with Crippen LogP contribution in [0.15, 0.2) is 72.8 Å². The lowest BCUT2D eigenvalue weighted by Crippen LogP contribution is -2.15. The average molecular weight is 423 g/mol. The first-order valence-electron chi connectivity index (χ1n) is 10.3. The summed E-state index contributed by atoms with van der Waals surface area (Å²) in [6, 6.07) is 21.7. The standard InChI is InChI=1S/C26H24ClFO2/c27-15-16-30-22-13-9-20(10-14-22)26(29)25(17-18-5-6-18)24-4-2-1-3-23(24)19-7-11-21(28)12-8-19/h1-4,7-14,18,25H,5-6,15-17H2. The van der Waals surface area contributed by atoms with Gasteiger partial charge in [-0.2, -0.15) is 0 Å². The highest BCUT2D eigenvalue weighted by molar-refractivity contribution is 6.18. The predicted molar refractivity (Wildman–Crippen MR) is 119 cm³/mol. The van der Waals surface area contributed by atoms with Crippen LogP contribution in [0.25, 0.3) is 11.1 Å². The monoisotopic (exact) mass is 422 g/mol. The topological polar surface area (TPSA) is 26.3 Å². The van der Waals surface area contributed by atoms with E-state index in [9.17, 15) is 9.18 Å². The summed E-state index contributed by atoms with van der Waals surface area (Å²) in [5, 5.41) is 0. The summed E-state index contributed by atoms with van der Waals surface area (Å²) in [7, 11) is 0. The van der Waals surface area contributed by atoms with Crippen LogP contribution in [0.1, 0.15) is 41.1 Å². The van der Waals surface area contributed by atoms with Crippen LogP contribution >= 0.6 is 11.6 Å². The Bertz CT molecular complexity index is 994. The molecule has 1 fully saturated rings. The zero-order chi connectivity index (χ0) is 20.9. The van der Waals surface area contributed by atoms with E-state index in [2.05, 4.69) is 0 Å². The molecule has 154 valence electrons. The molecule has 1 saturated carbocycles. The Labute approximate surface area is 181 Å². The molecule has 1 atom stereocenters. The minimum Gasteiger partial charge on any atom is -0.492 e. The summed E-state index contributed by atoms with van der Waals surface area (Å²) in [5.74, 6) is 1.33. The number of carbonyl (C=O) groups excluding carboxylic acids is 1. The molecular formula is C26H24ClFO2. The molecule has 0 aliphatic heterocycles. The number of rotatable bonds is 9. The number of ether oxygens (including phenoxy) is 1. The Morgan fingerprint density at radius 1 is 1.00 bits per heavy atom. The number of halogens is 2. The highest BCUT2D eigenvalue weighted by atomic mass is 35.5. The molecule has 0 aromatic heterocycles. The lowest BCUT2D eigenvalue weighted by atomic mass is 9.82. The summed E-state index contributed by atoms with van der Waals surface area (Å²) in [5.41, 5.74) is 3.58. The van der Waals surface area contributed by atoms with Crippen LogP contribution in [0.2, 0.25) is 0 Å². The number of Topliss-reactive ketones (excluding diaryl/α,β-unsaturated/α-hetero) is 1. The molecule has 2 nitrogen and oxygen atoms in total. The first-order chi connectivity index (χ1) is 14.7. The van der Waals surface area contributed by atoms with E-state index < -0.39 is 0 Å². The third-order valence-electron chi connectivity index (χ3n) is 5.56. The van der Waals surface area contributed by atoms with Crippen LogP contribution in [0.4, 0.5) is 4.39 Å². The highest BCUT2D eigenvalue weighted by Crippen LogP contribution is 2.42. The van der Waals surface area contributed by atoms with Crippen molar-refractivity contribution in [1.29, 1.82) is 0 Å². The van der Waals surface area contributed by atoms with Crippen LogP contribution in [-0.4, -0.2) is 18.3 Å². The molecule has 0 amide bonds. The van der Waals surface area contributed by atoms with Gasteiger partial charge in [-0.1, -0.05) is 49.2 Å². The lowest BCUT2D eigenvalue weighted by molar-refractivity contribution is 0.0952. The molecule has 1 unspecified atom stereocenters. The van der Waals surface area contributed by atoms with Gasteiger partial charge in [-0.3, -0.25) is 4.79 Å². The fraction of sp³-hybridized carbons (Fsp3) is 0.269. The lowest BCUT2D eigenvalue weighted by Gasteiger charge is -2.20. The first-order valence-corrected chi connectivity index (χ1v) is 10.9. The van der Waals surface area contributed by atoms with Gasteiger partial charge in [0.05, 0.1) is 5.88 Å². The van der Waals surface area contributed by atoms with Gasteiger partial charge in [0, 0.05) is 11.5 Å². The maximum atomic E-state index is 13.5. The quantitative estimate of drug-likeness (QED) is 0.277. The van der Waals surface area contributed by atoms with Crippen molar-refractivity contribution in [3.63, 3.8) is 0 Å². The Hall–Kier alpha value is -2.65. The van der Waals surface area contributed by atoms with Gasteiger partial charge < -0.3 is 4.74 Å². The van der Waals surface area contributed by atoms with Gasteiger partial charge in [-0.15, -0.1) is 11.6 Å². The second-order valence-corrected chi connectivity index (χ2v) is 8.13. The first kappa shape index (κ1) is 20.6. The second kappa shape index (κ2) is 9.44. The summed E-state index contributed by atoms with van der Waals surface area (Å²) < 4.78 is 19.0. The average Bonchev–Trinajstić information content (AvgIpc) is 3.61. The van der Waals surface area contributed by atoms with E-state index in [0.29, 0.717) is 29.7 Å². The molecule has 4 rings (SSSR count). The van der Waals surface area contributed by atoms with Crippen molar-refractivity contribution in [3.05, 3.63) is 89.7 Å². The van der Waals surface area contributed by atoms with Crippen LogP contribution in [-0.2, 0) is 0 Å². The van der Waals surface area contributed by atoms with Gasteiger partial charge in [0.25, 0.3) is 0 Å². The van der Waals surface area contributed by atoms with Gasteiger partial charge in [0.15, 0.2) is 5.78 Å². The van der Waals surface area contributed by atoms with E-state index in [1.54, 1.807) is 12.1 Å². The van der Waals surface area contributed by atoms with Crippen molar-refractivity contribution < 1.29 is 13.9 Å². The van der Waals surface area contributed by atoms with Crippen molar-refractivity contribution in [2.45, 2.75) is 25.2 Å². The summed E-state index contributed by atoms with van der Waals surface area (Å²) in [6.45, 7) is 0.435. The van der Waals surface area contributed by atoms with Crippen LogP contribution in [0.3, 0.4) is 0 Å². The smallest absolute Gasteiger partial charge is 0.170 e. The summed E-state index contributed by atoms with van der Waals surface area (Å²) >= 11 is 5.67. The SMILES string of the molecule is O=C(c1ccc(OCCCl)cc1)C(CC1CC1)c1ccccc1-c1ccc(F)cc1. The fourth-order valence-electron chi connectivity index (χ4n) is 3.83. The number of hydrogen-bond donors (Lipinski definition) is 0. The molecule has 0 spiro atoms. The zero-order valence-electron chi connectivity index (χ0n) is 16.7. The normalized spacial score (nSPS) is 14.3. The van der Waals surface area contributed by atoms with Gasteiger partial charge in [0.1, 0.15) is 18.2 Å². The number of alkyl halides is 1. The molecule has 1 aliphatic rings. The molecule has 0 heterocycles. The molecule has 1 aliphatic carbocycles. The Balaban J connectivity index is 1.66. The fourth-order valence-corrected chi connectivity index (χ4v) is 3.91. The zero-order valence-corrected chi connectivity index (χ0v) is 17.4. The van der Waals surface area contributed by atoms with Crippen molar-refractivity contribution >= 4 is 17.4 Å². The third-order valence-corrected chi connectivity index (χ3v) is 5.71. The Morgan fingerprint density at radius 2 is 1.70 bits per heavy atom. The van der Waals surface area contributed by atoms with Gasteiger partial charge in [-0.25, -0.2) is 4.39 Å². The molecule has 3 aromatic rings. The molecule has 4 heteroatoms. The molecule has 0 N–H and O–H groups in total. The van der Waals surface area contributed by atoms with E-state index >= 15 is 0 Å². The van der Waals surface area contributed by atoms with Gasteiger partial charge >= 0.3 is 0 Å². The minimum atomic E-state index is -0.265. The van der Waals surface area contributed by atoms with E-state index in [1.807, 2.05) is 48.5 Å². The molecule has 3 aromatic carbocycles. The summed E-state index contributed by atoms with van der Waals surface area (Å²) in [6.07, 6.45) is 3.18. The number of carbonyl (C=O) groups is 1. The summed E-state index contributed by atoms with van der Waals surface area (Å²) in [4.78, 5) is 13.5. The van der Waals surface area contributed by atoms with Crippen LogP contribution in [0.5, 0.6) is 5.75 Å². The third kappa shape index (κ3) is 4.91. The number of benzene rings is 3. The van der Waals surface area contributed by atoms with Gasteiger partial charge in [0.2, 0.25) is 0 Å². The maximum Gasteiger partial charge on any atom is 0.170 e. The largest absolute Gasteiger partial charge is 0.492 e. The molecule has 0 bridgehead atoms. The number of hydrogen-bond acceptors (Lipinski definition) is 2. The van der Waals surface area contributed by atoms with E-state index in [4.69, 9.17) is 16.3 Å². The molecule has 0 saturated heterocycles. The van der Waals surface area contributed by atoms with Gasteiger partial charge in [-0.05, 0) is 65.4 Å². The maximum absolute atomic E-state index is 13.5. The van der Waals surface area contributed by atoms with Crippen molar-refractivity contribution in [2.24, 2.45) is 5.92 Å². The van der Waals surface area contributed by atoms with Crippen molar-refractivity contribution in [1.82, 2.24) is 0 Å². The number of ketones is 1. The minimum absolute atomic E-state index is 0.111. The second-order valence-electron chi connectivity index (χ2n) is 7.75.